The van der Waals surface area contributed by atoms with Gasteiger partial charge in [0.05, 0.1) is 12.0 Å². The Morgan fingerprint density at radius 3 is 3.17 bits per heavy atom. The molecule has 1 heterocycles. The molecule has 2 heteroatoms. The van der Waals surface area contributed by atoms with E-state index in [1.165, 1.54) is 0 Å². The van der Waals surface area contributed by atoms with E-state index in [0.717, 1.165) is 0 Å². The summed E-state index contributed by atoms with van der Waals surface area (Å²) in [5.74, 6) is 0. The quantitative estimate of drug-likeness (QED) is 0.448. The van der Waals surface area contributed by atoms with Crippen LogP contribution in [0.3, 0.4) is 0 Å². The maximum absolute atomic E-state index is 7.21. The molecule has 1 unspecified atom stereocenters. The van der Waals surface area contributed by atoms with Crippen LogP contribution in [0.25, 0.3) is 0 Å². The zero-order chi connectivity index (χ0) is 10.7. The van der Waals surface area contributed by atoms with Crippen molar-refractivity contribution in [3.63, 3.8) is 0 Å². The van der Waals surface area contributed by atoms with E-state index in [1.807, 2.05) is 0 Å². The maximum Gasteiger partial charge on any atom is 0.0618 e. The third kappa shape index (κ3) is 0.698. The van der Waals surface area contributed by atoms with Gasteiger partial charge in [-0.05, 0) is 6.37 Å². The molecular weight excluding hydrogens is 78.0 g/mol. The molecule has 1 rings (SSSR count). The second kappa shape index (κ2) is 1.58. The molecule has 0 aromatic carbocycles. The van der Waals surface area contributed by atoms with Crippen LogP contribution >= 0.6 is 0 Å². The van der Waals surface area contributed by atoms with E-state index in [2.05, 4.69) is 4.74 Å². The van der Waals surface area contributed by atoms with Crippen molar-refractivity contribution in [3.8, 4) is 0 Å². The van der Waals surface area contributed by atoms with Crippen LogP contribution in [0, 0.1) is 0 Å². The van der Waals surface area contributed by atoms with Crippen molar-refractivity contribution in [2.24, 2.45) is 5.73 Å². The maximum atomic E-state index is 7.21. The zero-order valence-electron chi connectivity index (χ0n) is 9.99. The lowest BCUT2D eigenvalue weighted by Crippen LogP contribution is -2.18. The Morgan fingerprint density at radius 1 is 2.17 bits per heavy atom. The summed E-state index contributed by atoms with van der Waals surface area (Å²) < 4.78 is 53.8. The first-order valence-corrected chi connectivity index (χ1v) is 1.45. The van der Waals surface area contributed by atoms with E-state index in [1.54, 1.807) is 0 Å². The van der Waals surface area contributed by atoms with Crippen molar-refractivity contribution in [3.05, 3.63) is 0 Å². The van der Waals surface area contributed by atoms with Gasteiger partial charge in [-0.1, -0.05) is 0 Å². The number of hydrogen-bond acceptors (Lipinski definition) is 2. The lowest BCUT2D eigenvalue weighted by Gasteiger charge is -1.90. The van der Waals surface area contributed by atoms with Gasteiger partial charge in [-0.3, -0.25) is 0 Å². The van der Waals surface area contributed by atoms with E-state index in [-0.39, 0.29) is 0 Å². The van der Waals surface area contributed by atoms with E-state index < -0.39 is 25.5 Å². The molecule has 0 aromatic rings. The lowest BCUT2D eigenvalue weighted by atomic mass is 10.3. The smallest absolute Gasteiger partial charge is 0.0618 e. The van der Waals surface area contributed by atoms with Gasteiger partial charge in [-0.25, -0.2) is 0 Å². The molecular formula is C4H9NO. The first kappa shape index (κ1) is 0.858. The average molecular weight is 94.2 g/mol. The van der Waals surface area contributed by atoms with Gasteiger partial charge in [0.25, 0.3) is 0 Å². The van der Waals surface area contributed by atoms with Crippen molar-refractivity contribution in [2.45, 2.75) is 12.4 Å². The van der Waals surface area contributed by atoms with Gasteiger partial charge in [0.2, 0.25) is 0 Å². The van der Waals surface area contributed by atoms with E-state index in [9.17, 15) is 0 Å². The summed E-state index contributed by atoms with van der Waals surface area (Å²) in [6.07, 6.45) is -2.90. The number of ether oxygens (including phenoxy) is 1. The molecule has 1 aliphatic rings. The molecule has 0 saturated carbocycles. The number of nitrogens with two attached hydrogens (primary N) is 1. The number of hydrogen-bond donors (Lipinski definition) is 1. The minimum Gasteiger partial charge on any atom is -0.380 e. The first-order valence-electron chi connectivity index (χ1n) is 4.95. The van der Waals surface area contributed by atoms with Crippen molar-refractivity contribution in [1.29, 1.82) is 0 Å². The van der Waals surface area contributed by atoms with Gasteiger partial charge in [0.15, 0.2) is 0 Å². The van der Waals surface area contributed by atoms with Crippen molar-refractivity contribution in [1.82, 2.24) is 0 Å². The molecule has 6 heavy (non-hydrogen) atoms. The van der Waals surface area contributed by atoms with Gasteiger partial charge >= 0.3 is 0 Å². The minimum absolute atomic E-state index is 2.76. The molecule has 0 aromatic heterocycles. The van der Waals surface area contributed by atoms with Crippen LogP contribution in [0.2, 0.25) is 0 Å². The molecule has 1 atom stereocenters. The highest BCUT2D eigenvalue weighted by molar-refractivity contribution is 4.64. The van der Waals surface area contributed by atoms with Crippen LogP contribution in [-0.4, -0.2) is 19.1 Å². The van der Waals surface area contributed by atoms with Gasteiger partial charge < -0.3 is 10.5 Å². The third-order valence-electron chi connectivity index (χ3n) is 0.398. The van der Waals surface area contributed by atoms with Crippen LogP contribution in [0.5, 0.6) is 0 Å². The Labute approximate surface area is 47.1 Å². The summed E-state index contributed by atoms with van der Waals surface area (Å²) in [5, 5.41) is 0. The van der Waals surface area contributed by atoms with Crippen molar-refractivity contribution < 1.29 is 14.3 Å². The summed E-state index contributed by atoms with van der Waals surface area (Å²) in [6.45, 7) is -5.74. The Bertz CT molecular complexity index is 213. The predicted molar refractivity (Wildman–Crippen MR) is 23.4 cm³/mol. The Balaban J connectivity index is 3.24. The molecule has 0 spiro atoms. The second-order valence-corrected chi connectivity index (χ2v) is 0.845. The highest BCUT2D eigenvalue weighted by Gasteiger charge is 2.07. The second-order valence-electron chi connectivity index (χ2n) is 0.845. The van der Waals surface area contributed by atoms with Gasteiger partial charge in [-0.15, -0.1) is 0 Å². The van der Waals surface area contributed by atoms with E-state index in [4.69, 9.17) is 15.3 Å². The Hall–Kier alpha value is -0.0800. The molecule has 0 aliphatic carbocycles. The topological polar surface area (TPSA) is 35.2 Å². The molecule has 2 nitrogen and oxygen atoms in total. The van der Waals surface area contributed by atoms with Crippen molar-refractivity contribution >= 4 is 0 Å². The molecule has 36 valence electrons. The fraction of sp³-hybridized carbons (Fsp3) is 1.00. The van der Waals surface area contributed by atoms with Crippen LogP contribution in [-0.2, 0) is 4.74 Å². The summed E-state index contributed by atoms with van der Waals surface area (Å²) in [6, 6.07) is -2.76. The van der Waals surface area contributed by atoms with Crippen LogP contribution in [0.15, 0.2) is 0 Å². The molecule has 1 saturated heterocycles. The van der Waals surface area contributed by atoms with Crippen molar-refractivity contribution in [2.75, 3.05) is 13.1 Å². The highest BCUT2D eigenvalue weighted by Crippen LogP contribution is 1.98. The molecule has 1 aliphatic heterocycles. The van der Waals surface area contributed by atoms with E-state index in [0.29, 0.717) is 0 Å². The summed E-state index contributed by atoms with van der Waals surface area (Å²) in [7, 11) is 0. The van der Waals surface area contributed by atoms with Crippen LogP contribution in [0.4, 0.5) is 0 Å². The molecule has 1 fully saturated rings. The summed E-state index contributed by atoms with van der Waals surface area (Å²) in [4.78, 5) is 0. The lowest BCUT2D eigenvalue weighted by molar-refractivity contribution is 0.194. The number of rotatable bonds is 0. The molecule has 0 amide bonds. The largest absolute Gasteiger partial charge is 0.380 e. The molecule has 0 radical (unpaired) electrons. The first-order chi connectivity index (χ1) is 5.46. The average Bonchev–Trinajstić information content (AvgIpc) is 1.88. The summed E-state index contributed by atoms with van der Waals surface area (Å²) in [5.41, 5.74) is 5.06. The molecule has 0 bridgehead atoms. The normalized spacial score (nSPS) is 89.2. The SMILES string of the molecule is [2H]C1([2H])OC([2H])([2H])C([2H])(N)C1([2H])[2H]. The highest BCUT2D eigenvalue weighted by atomic mass is 16.5. The van der Waals surface area contributed by atoms with Gasteiger partial charge in [0.1, 0.15) is 0 Å². The van der Waals surface area contributed by atoms with Gasteiger partial charge in [-0.2, -0.15) is 0 Å². The standard InChI is InChI=1S/C4H9NO/c5-4-1-2-6-3-4/h4H,1-3,5H2/i1D2,2D2,3D2,4D. The van der Waals surface area contributed by atoms with E-state index >= 15 is 0 Å². The fourth-order valence-electron chi connectivity index (χ4n) is 0.187. The van der Waals surface area contributed by atoms with Gasteiger partial charge in [0, 0.05) is 16.7 Å². The summed E-state index contributed by atoms with van der Waals surface area (Å²) >= 11 is 0. The van der Waals surface area contributed by atoms with Crippen LogP contribution < -0.4 is 5.73 Å². The Kier molecular flexibility index (Phi) is 0.226. The predicted octanol–water partition coefficient (Wildman–Crippen LogP) is -0.266. The molecule has 2 N–H and O–H groups in total. The monoisotopic (exact) mass is 94.1 g/mol. The minimum atomic E-state index is -2.90. The van der Waals surface area contributed by atoms with Crippen LogP contribution in [0.1, 0.15) is 16.0 Å². The fourth-order valence-corrected chi connectivity index (χ4v) is 0.187. The third-order valence-corrected chi connectivity index (χ3v) is 0.398. The Morgan fingerprint density at radius 2 is 3.00 bits per heavy atom. The zero-order valence-corrected chi connectivity index (χ0v) is 2.99.